The van der Waals surface area contributed by atoms with Crippen LogP contribution in [0.5, 0.6) is 0 Å². The Morgan fingerprint density at radius 3 is 2.61 bits per heavy atom. The Hall–Kier alpha value is -1.65. The number of rotatable bonds is 8. The Labute approximate surface area is 108 Å². The summed E-state index contributed by atoms with van der Waals surface area (Å²) in [5, 5.41) is 12.3. The first-order chi connectivity index (χ1) is 8.69. The number of aromatic carboxylic acids is 1. The first-order valence-electron chi connectivity index (χ1n) is 6.49. The van der Waals surface area contributed by atoms with Gasteiger partial charge in [0.2, 0.25) is 0 Å². The zero-order valence-corrected chi connectivity index (χ0v) is 11.0. The largest absolute Gasteiger partial charge is 0.476 e. The fourth-order valence-corrected chi connectivity index (χ4v) is 1.88. The molecule has 0 aliphatic carbocycles. The van der Waals surface area contributed by atoms with Crippen LogP contribution in [0.2, 0.25) is 0 Å². The molecule has 0 fully saturated rings. The fourth-order valence-electron chi connectivity index (χ4n) is 1.88. The molecule has 1 aromatic heterocycles. The van der Waals surface area contributed by atoms with E-state index >= 15 is 0 Å². The lowest BCUT2D eigenvalue weighted by Crippen LogP contribution is -2.22. The first kappa shape index (κ1) is 14.4. The Morgan fingerprint density at radius 2 is 2.00 bits per heavy atom. The molecule has 100 valence electrons. The summed E-state index contributed by atoms with van der Waals surface area (Å²) in [6.45, 7) is 4.27. The zero-order chi connectivity index (χ0) is 13.4. The molecule has 0 amide bonds. The van der Waals surface area contributed by atoms with Gasteiger partial charge in [0.1, 0.15) is 0 Å². The number of carboxylic acid groups (broad SMARTS) is 1. The minimum Gasteiger partial charge on any atom is -0.476 e. The number of carboxylic acids is 1. The molecule has 0 aliphatic rings. The van der Waals surface area contributed by atoms with Crippen LogP contribution >= 0.6 is 0 Å². The van der Waals surface area contributed by atoms with E-state index in [0.717, 1.165) is 32.1 Å². The predicted molar refractivity (Wildman–Crippen MR) is 70.8 cm³/mol. The number of nitrogens with one attached hydrogen (secondary N) is 1. The van der Waals surface area contributed by atoms with Gasteiger partial charge in [-0.3, -0.25) is 0 Å². The van der Waals surface area contributed by atoms with E-state index in [-0.39, 0.29) is 11.7 Å². The number of nitrogens with zero attached hydrogens (tertiary/aromatic N) is 2. The van der Waals surface area contributed by atoms with Gasteiger partial charge in [0.05, 0.1) is 0 Å². The van der Waals surface area contributed by atoms with Gasteiger partial charge in [0, 0.05) is 18.4 Å². The van der Waals surface area contributed by atoms with Crippen molar-refractivity contribution in [1.82, 2.24) is 9.97 Å². The molecule has 0 aromatic carbocycles. The number of hydrogen-bond acceptors (Lipinski definition) is 4. The summed E-state index contributed by atoms with van der Waals surface area (Å²) in [6.07, 6.45) is 8.27. The Balaban J connectivity index is 2.76. The molecule has 2 N–H and O–H groups in total. The van der Waals surface area contributed by atoms with Gasteiger partial charge in [0.15, 0.2) is 11.5 Å². The lowest BCUT2D eigenvalue weighted by molar-refractivity contribution is 0.0691. The molecule has 0 radical (unpaired) electrons. The monoisotopic (exact) mass is 251 g/mol. The second-order valence-electron chi connectivity index (χ2n) is 4.33. The fraction of sp³-hybridized carbons (Fsp3) is 0.615. The van der Waals surface area contributed by atoms with Crippen molar-refractivity contribution in [2.45, 2.75) is 52.0 Å². The molecule has 5 nitrogen and oxygen atoms in total. The third kappa shape index (κ3) is 4.31. The molecule has 0 saturated heterocycles. The molecule has 1 aromatic rings. The molecule has 18 heavy (non-hydrogen) atoms. The average molecular weight is 251 g/mol. The highest BCUT2D eigenvalue weighted by Crippen LogP contribution is 2.15. The maximum Gasteiger partial charge on any atom is 0.358 e. The number of unbranched alkanes of at least 4 members (excludes halogenated alkanes) is 1. The molecule has 1 heterocycles. The van der Waals surface area contributed by atoms with Crippen molar-refractivity contribution in [2.75, 3.05) is 5.32 Å². The topological polar surface area (TPSA) is 75.1 Å². The maximum absolute atomic E-state index is 11.0. The van der Waals surface area contributed by atoms with Gasteiger partial charge in [0.25, 0.3) is 0 Å². The van der Waals surface area contributed by atoms with Crippen molar-refractivity contribution in [3.8, 4) is 0 Å². The molecule has 0 aliphatic heterocycles. The highest BCUT2D eigenvalue weighted by molar-refractivity contribution is 5.90. The summed E-state index contributed by atoms with van der Waals surface area (Å²) < 4.78 is 0. The molecule has 1 rings (SSSR count). The van der Waals surface area contributed by atoms with Crippen molar-refractivity contribution in [3.05, 3.63) is 18.1 Å². The number of anilines is 1. The summed E-state index contributed by atoms with van der Waals surface area (Å²) in [5.74, 6) is -0.670. The molecule has 0 saturated carbocycles. The highest BCUT2D eigenvalue weighted by atomic mass is 16.4. The third-order valence-electron chi connectivity index (χ3n) is 2.78. The summed E-state index contributed by atoms with van der Waals surface area (Å²) in [5.41, 5.74) is -0.00454. The Kier molecular flexibility index (Phi) is 6.11. The Morgan fingerprint density at radius 1 is 1.28 bits per heavy atom. The van der Waals surface area contributed by atoms with Gasteiger partial charge >= 0.3 is 5.97 Å². The third-order valence-corrected chi connectivity index (χ3v) is 2.78. The van der Waals surface area contributed by atoms with E-state index in [4.69, 9.17) is 5.11 Å². The standard InChI is InChI=1S/C13H21N3O2/c1-3-5-7-10(6-4-2)16-12-11(13(17)18)14-8-9-15-12/h8-10H,3-7H2,1-2H3,(H,15,16)(H,17,18). The maximum atomic E-state index is 11.0. The van der Waals surface area contributed by atoms with Crippen LogP contribution in [0.15, 0.2) is 12.4 Å². The zero-order valence-electron chi connectivity index (χ0n) is 11.0. The summed E-state index contributed by atoms with van der Waals surface area (Å²) in [7, 11) is 0. The predicted octanol–water partition coefficient (Wildman–Crippen LogP) is 2.95. The van der Waals surface area contributed by atoms with Gasteiger partial charge in [-0.1, -0.05) is 33.1 Å². The van der Waals surface area contributed by atoms with Gasteiger partial charge in [-0.2, -0.15) is 0 Å². The quantitative estimate of drug-likeness (QED) is 0.743. The molecule has 1 unspecified atom stereocenters. The van der Waals surface area contributed by atoms with Crippen LogP contribution in [-0.2, 0) is 0 Å². The number of carbonyl (C=O) groups is 1. The van der Waals surface area contributed by atoms with E-state index in [2.05, 4.69) is 29.1 Å². The molecule has 1 atom stereocenters. The van der Waals surface area contributed by atoms with Crippen molar-refractivity contribution in [2.24, 2.45) is 0 Å². The molecule has 0 bridgehead atoms. The second kappa shape index (κ2) is 7.63. The van der Waals surface area contributed by atoms with Crippen molar-refractivity contribution in [3.63, 3.8) is 0 Å². The first-order valence-corrected chi connectivity index (χ1v) is 6.49. The molecular formula is C13H21N3O2. The van der Waals surface area contributed by atoms with E-state index in [9.17, 15) is 4.79 Å². The highest BCUT2D eigenvalue weighted by Gasteiger charge is 2.15. The molecule has 5 heteroatoms. The van der Waals surface area contributed by atoms with Crippen LogP contribution in [-0.4, -0.2) is 27.1 Å². The van der Waals surface area contributed by atoms with E-state index in [1.807, 2.05) is 0 Å². The van der Waals surface area contributed by atoms with Gasteiger partial charge < -0.3 is 10.4 Å². The smallest absolute Gasteiger partial charge is 0.358 e. The van der Waals surface area contributed by atoms with Gasteiger partial charge in [-0.25, -0.2) is 14.8 Å². The second-order valence-corrected chi connectivity index (χ2v) is 4.33. The summed E-state index contributed by atoms with van der Waals surface area (Å²) in [4.78, 5) is 19.0. The van der Waals surface area contributed by atoms with Crippen LogP contribution in [0.1, 0.15) is 56.4 Å². The number of hydrogen-bond donors (Lipinski definition) is 2. The van der Waals surface area contributed by atoms with E-state index < -0.39 is 5.97 Å². The SMILES string of the molecule is CCCCC(CCC)Nc1nccnc1C(=O)O. The summed E-state index contributed by atoms with van der Waals surface area (Å²) >= 11 is 0. The number of aromatic nitrogens is 2. The minimum atomic E-state index is -1.05. The van der Waals surface area contributed by atoms with Gasteiger partial charge in [-0.05, 0) is 12.8 Å². The van der Waals surface area contributed by atoms with Gasteiger partial charge in [-0.15, -0.1) is 0 Å². The van der Waals surface area contributed by atoms with E-state index in [1.54, 1.807) is 0 Å². The van der Waals surface area contributed by atoms with Crippen LogP contribution in [0.4, 0.5) is 5.82 Å². The van der Waals surface area contributed by atoms with Crippen LogP contribution in [0.25, 0.3) is 0 Å². The molecule has 0 spiro atoms. The Bertz CT molecular complexity index is 382. The van der Waals surface area contributed by atoms with Crippen LogP contribution in [0, 0.1) is 0 Å². The lowest BCUT2D eigenvalue weighted by Gasteiger charge is -2.19. The van der Waals surface area contributed by atoms with Crippen LogP contribution in [0.3, 0.4) is 0 Å². The normalized spacial score (nSPS) is 12.1. The van der Waals surface area contributed by atoms with E-state index in [1.165, 1.54) is 12.4 Å². The van der Waals surface area contributed by atoms with Crippen LogP contribution < -0.4 is 5.32 Å². The average Bonchev–Trinajstić information content (AvgIpc) is 2.36. The lowest BCUT2D eigenvalue weighted by atomic mass is 10.1. The van der Waals surface area contributed by atoms with Crippen molar-refractivity contribution in [1.29, 1.82) is 0 Å². The van der Waals surface area contributed by atoms with Crippen molar-refractivity contribution >= 4 is 11.8 Å². The minimum absolute atomic E-state index is 0.00454. The van der Waals surface area contributed by atoms with E-state index in [0.29, 0.717) is 5.82 Å². The molecular weight excluding hydrogens is 230 g/mol. The van der Waals surface area contributed by atoms with Crippen molar-refractivity contribution < 1.29 is 9.90 Å². The summed E-state index contributed by atoms with van der Waals surface area (Å²) in [6, 6.07) is 0.268.